The second-order valence-electron chi connectivity index (χ2n) is 4.48. The van der Waals surface area contributed by atoms with Crippen molar-refractivity contribution in [3.8, 4) is 0 Å². The predicted molar refractivity (Wildman–Crippen MR) is 61.8 cm³/mol. The third-order valence-corrected chi connectivity index (χ3v) is 3.23. The topological polar surface area (TPSA) is 32.3 Å². The second kappa shape index (κ2) is 4.77. The van der Waals surface area contributed by atoms with Crippen LogP contribution >= 0.6 is 0 Å². The van der Waals surface area contributed by atoms with Gasteiger partial charge in [-0.15, -0.1) is 0 Å². The summed E-state index contributed by atoms with van der Waals surface area (Å²) in [6, 6.07) is 8.97. The molecular weight excluding hydrogens is 186 g/mol. The van der Waals surface area contributed by atoms with Gasteiger partial charge in [0.15, 0.2) is 0 Å². The number of hydrogen-bond acceptors (Lipinski definition) is 2. The first-order valence-corrected chi connectivity index (χ1v) is 5.72. The molecule has 1 fully saturated rings. The van der Waals surface area contributed by atoms with Crippen LogP contribution in [0.4, 0.5) is 0 Å². The maximum atomic E-state index is 9.10. The Labute approximate surface area is 91.3 Å². The molecule has 82 valence electrons. The fourth-order valence-electron chi connectivity index (χ4n) is 2.38. The first-order valence-electron chi connectivity index (χ1n) is 5.72. The maximum absolute atomic E-state index is 9.10. The molecule has 2 rings (SSSR count). The lowest BCUT2D eigenvalue weighted by Gasteiger charge is -2.28. The highest BCUT2D eigenvalue weighted by atomic mass is 16.3. The molecule has 0 bridgehead atoms. The summed E-state index contributed by atoms with van der Waals surface area (Å²) in [6.07, 6.45) is 2.41. The molecule has 1 aromatic carbocycles. The highest BCUT2D eigenvalue weighted by Gasteiger charge is 2.19. The minimum absolute atomic E-state index is 0.147. The Balaban J connectivity index is 2.13. The number of piperidine rings is 1. The maximum Gasteiger partial charge on any atom is 0.0681 e. The molecule has 2 unspecified atom stereocenters. The third-order valence-electron chi connectivity index (χ3n) is 3.23. The monoisotopic (exact) mass is 205 g/mol. The molecule has 15 heavy (non-hydrogen) atoms. The van der Waals surface area contributed by atoms with Crippen LogP contribution in [0.2, 0.25) is 0 Å². The molecule has 1 aliphatic rings. The summed E-state index contributed by atoms with van der Waals surface area (Å²) in [5.41, 5.74) is 2.41. The summed E-state index contributed by atoms with van der Waals surface area (Å²) < 4.78 is 0. The molecule has 2 N–H and O–H groups in total. The predicted octanol–water partition coefficient (Wildman–Crippen LogP) is 2.03. The van der Waals surface area contributed by atoms with Crippen molar-refractivity contribution in [3.05, 3.63) is 35.4 Å². The summed E-state index contributed by atoms with van der Waals surface area (Å²) >= 11 is 0. The van der Waals surface area contributed by atoms with Crippen molar-refractivity contribution < 1.29 is 5.11 Å². The van der Waals surface area contributed by atoms with Gasteiger partial charge in [-0.2, -0.15) is 0 Å². The molecule has 1 saturated heterocycles. The quantitative estimate of drug-likeness (QED) is 0.774. The fourth-order valence-corrected chi connectivity index (χ4v) is 2.38. The van der Waals surface area contributed by atoms with Gasteiger partial charge in [0, 0.05) is 6.04 Å². The van der Waals surface area contributed by atoms with Crippen molar-refractivity contribution in [1.82, 2.24) is 5.32 Å². The lowest BCUT2D eigenvalue weighted by molar-refractivity contribution is 0.281. The summed E-state index contributed by atoms with van der Waals surface area (Å²) in [4.78, 5) is 0. The van der Waals surface area contributed by atoms with Crippen molar-refractivity contribution in [1.29, 1.82) is 0 Å². The molecule has 0 radical (unpaired) electrons. The summed E-state index contributed by atoms with van der Waals surface area (Å²) in [5.74, 6) is 0.660. The van der Waals surface area contributed by atoms with Gasteiger partial charge in [0.25, 0.3) is 0 Å². The van der Waals surface area contributed by atoms with Gasteiger partial charge in [0.05, 0.1) is 6.61 Å². The van der Waals surface area contributed by atoms with Crippen LogP contribution in [0.25, 0.3) is 0 Å². The Hall–Kier alpha value is -0.860. The van der Waals surface area contributed by atoms with Crippen molar-refractivity contribution in [2.45, 2.75) is 38.3 Å². The smallest absolute Gasteiger partial charge is 0.0681 e. The van der Waals surface area contributed by atoms with Crippen LogP contribution in [0.15, 0.2) is 24.3 Å². The number of aliphatic hydroxyl groups excluding tert-OH is 1. The largest absolute Gasteiger partial charge is 0.392 e. The lowest BCUT2D eigenvalue weighted by atomic mass is 9.86. The second-order valence-corrected chi connectivity index (χ2v) is 4.48. The van der Waals surface area contributed by atoms with Gasteiger partial charge in [-0.05, 0) is 43.4 Å². The Morgan fingerprint density at radius 1 is 1.47 bits per heavy atom. The van der Waals surface area contributed by atoms with Gasteiger partial charge in [0.1, 0.15) is 0 Å². The van der Waals surface area contributed by atoms with Crippen LogP contribution in [0.1, 0.15) is 36.8 Å². The molecule has 1 aromatic rings. The van der Waals surface area contributed by atoms with Crippen LogP contribution < -0.4 is 5.32 Å². The van der Waals surface area contributed by atoms with E-state index in [1.165, 1.54) is 18.4 Å². The summed E-state index contributed by atoms with van der Waals surface area (Å²) in [5, 5.41) is 12.6. The molecule has 0 spiro atoms. The molecule has 0 saturated carbocycles. The average Bonchev–Trinajstić information content (AvgIpc) is 2.29. The number of rotatable bonds is 2. The lowest BCUT2D eigenvalue weighted by Crippen LogP contribution is -2.34. The van der Waals surface area contributed by atoms with Crippen LogP contribution in [-0.2, 0) is 6.61 Å². The van der Waals surface area contributed by atoms with E-state index >= 15 is 0 Å². The molecule has 2 heteroatoms. The minimum Gasteiger partial charge on any atom is -0.392 e. The van der Waals surface area contributed by atoms with Crippen LogP contribution in [0.5, 0.6) is 0 Å². The summed E-state index contributed by atoms with van der Waals surface area (Å²) in [7, 11) is 0. The van der Waals surface area contributed by atoms with Crippen LogP contribution in [-0.4, -0.2) is 17.7 Å². The van der Waals surface area contributed by atoms with Gasteiger partial charge in [0.2, 0.25) is 0 Å². The van der Waals surface area contributed by atoms with Gasteiger partial charge in [-0.25, -0.2) is 0 Å². The van der Waals surface area contributed by atoms with Gasteiger partial charge in [-0.1, -0.05) is 24.3 Å². The van der Waals surface area contributed by atoms with Crippen molar-refractivity contribution in [2.75, 3.05) is 6.54 Å². The van der Waals surface area contributed by atoms with Gasteiger partial charge in [-0.3, -0.25) is 0 Å². The standard InChI is InChI=1S/C13H19NO/c1-10-7-13(5-6-14-10)12-4-2-3-11(8-12)9-15/h2-4,8,10,13-15H,5-7,9H2,1H3. The third kappa shape index (κ3) is 2.58. The van der Waals surface area contributed by atoms with Crippen LogP contribution in [0.3, 0.4) is 0 Å². The van der Waals surface area contributed by atoms with E-state index in [9.17, 15) is 0 Å². The van der Waals surface area contributed by atoms with Crippen molar-refractivity contribution >= 4 is 0 Å². The molecule has 0 aromatic heterocycles. The highest BCUT2D eigenvalue weighted by molar-refractivity contribution is 5.26. The molecule has 2 atom stereocenters. The molecule has 0 amide bonds. The molecule has 1 heterocycles. The Bertz CT molecular complexity index is 324. The molecule has 2 nitrogen and oxygen atoms in total. The number of aliphatic hydroxyl groups is 1. The number of benzene rings is 1. The molecule has 0 aliphatic carbocycles. The van der Waals surface area contributed by atoms with E-state index < -0.39 is 0 Å². The Morgan fingerprint density at radius 2 is 2.33 bits per heavy atom. The SMILES string of the molecule is CC1CC(c2cccc(CO)c2)CCN1. The molecule has 1 aliphatic heterocycles. The van der Waals surface area contributed by atoms with E-state index in [0.717, 1.165) is 12.1 Å². The average molecular weight is 205 g/mol. The number of nitrogens with one attached hydrogen (secondary N) is 1. The molecular formula is C13H19NO. The van der Waals surface area contributed by atoms with E-state index in [-0.39, 0.29) is 6.61 Å². The summed E-state index contributed by atoms with van der Waals surface area (Å²) in [6.45, 7) is 3.49. The fraction of sp³-hybridized carbons (Fsp3) is 0.538. The van der Waals surface area contributed by atoms with E-state index in [0.29, 0.717) is 12.0 Å². The first-order chi connectivity index (χ1) is 7.29. The van der Waals surface area contributed by atoms with Crippen LogP contribution in [0, 0.1) is 0 Å². The van der Waals surface area contributed by atoms with Crippen molar-refractivity contribution in [2.24, 2.45) is 0 Å². The normalized spacial score (nSPS) is 26.5. The zero-order valence-corrected chi connectivity index (χ0v) is 9.24. The van der Waals surface area contributed by atoms with E-state index in [2.05, 4.69) is 24.4 Å². The Kier molecular flexibility index (Phi) is 3.39. The number of hydrogen-bond donors (Lipinski definition) is 2. The highest BCUT2D eigenvalue weighted by Crippen LogP contribution is 2.28. The minimum atomic E-state index is 0.147. The van der Waals surface area contributed by atoms with E-state index in [1.807, 2.05) is 12.1 Å². The first kappa shape index (κ1) is 10.7. The van der Waals surface area contributed by atoms with Gasteiger partial charge >= 0.3 is 0 Å². The zero-order chi connectivity index (χ0) is 10.7. The van der Waals surface area contributed by atoms with Gasteiger partial charge < -0.3 is 10.4 Å². The Morgan fingerprint density at radius 3 is 3.07 bits per heavy atom. The van der Waals surface area contributed by atoms with Crippen molar-refractivity contribution in [3.63, 3.8) is 0 Å². The van der Waals surface area contributed by atoms with E-state index in [4.69, 9.17) is 5.11 Å². The zero-order valence-electron chi connectivity index (χ0n) is 9.24. The van der Waals surface area contributed by atoms with E-state index in [1.54, 1.807) is 0 Å².